The number of hydrogen-bond acceptors (Lipinski definition) is 5. The molecular formula is C22H34N4O2S. The second kappa shape index (κ2) is 9.76. The third-order valence-electron chi connectivity index (χ3n) is 5.82. The molecule has 0 N–H and O–H groups in total. The van der Waals surface area contributed by atoms with Crippen LogP contribution in [-0.2, 0) is 24.2 Å². The van der Waals surface area contributed by atoms with Crippen LogP contribution in [0.1, 0.15) is 58.9 Å². The number of thiophene rings is 1. The highest BCUT2D eigenvalue weighted by molar-refractivity contribution is 7.18. The van der Waals surface area contributed by atoms with E-state index in [1.807, 2.05) is 16.5 Å². The van der Waals surface area contributed by atoms with Crippen molar-refractivity contribution in [1.82, 2.24) is 14.7 Å². The molecule has 3 heterocycles. The van der Waals surface area contributed by atoms with Gasteiger partial charge >= 0.3 is 0 Å². The van der Waals surface area contributed by atoms with Crippen molar-refractivity contribution in [1.29, 1.82) is 0 Å². The highest BCUT2D eigenvalue weighted by Crippen LogP contribution is 2.36. The lowest BCUT2D eigenvalue weighted by atomic mass is 10.1. The molecule has 0 aliphatic carbocycles. The number of carbonyl (C=O) groups is 1. The first kappa shape index (κ1) is 21.8. The van der Waals surface area contributed by atoms with Gasteiger partial charge in [-0.2, -0.15) is 5.10 Å². The average Bonchev–Trinajstić information content (AvgIpc) is 3.20. The van der Waals surface area contributed by atoms with Crippen molar-refractivity contribution in [2.75, 3.05) is 38.3 Å². The second-order valence-electron chi connectivity index (χ2n) is 7.66. The van der Waals surface area contributed by atoms with Gasteiger partial charge in [0.1, 0.15) is 0 Å². The zero-order valence-corrected chi connectivity index (χ0v) is 19.3. The minimum absolute atomic E-state index is 0.125. The lowest BCUT2D eigenvalue weighted by Crippen LogP contribution is -2.30. The van der Waals surface area contributed by atoms with Gasteiger partial charge in [-0.05, 0) is 58.6 Å². The number of anilines is 1. The van der Waals surface area contributed by atoms with Gasteiger partial charge in [0.15, 0.2) is 0 Å². The maximum atomic E-state index is 13.4. The van der Waals surface area contributed by atoms with Gasteiger partial charge in [0.2, 0.25) is 0 Å². The van der Waals surface area contributed by atoms with Gasteiger partial charge in [-0.3, -0.25) is 9.48 Å². The number of ether oxygens (including phenoxy) is 1. The Morgan fingerprint density at radius 1 is 1.31 bits per heavy atom. The Kier molecular flexibility index (Phi) is 7.35. The van der Waals surface area contributed by atoms with Gasteiger partial charge in [-0.1, -0.05) is 0 Å². The number of methoxy groups -OCH3 is 1. The van der Waals surface area contributed by atoms with Crippen molar-refractivity contribution < 1.29 is 9.53 Å². The molecule has 2 aromatic heterocycles. The minimum atomic E-state index is 0.125. The summed E-state index contributed by atoms with van der Waals surface area (Å²) < 4.78 is 7.31. The SMILES string of the molecule is CCN(Cc1c(C)nn(CC)c1C)C(=O)c1cc2c(s1)N(CCOC)CCCC2. The maximum absolute atomic E-state index is 13.4. The average molecular weight is 419 g/mol. The normalized spacial score (nSPS) is 14.0. The van der Waals surface area contributed by atoms with E-state index in [0.29, 0.717) is 19.7 Å². The van der Waals surface area contributed by atoms with E-state index in [4.69, 9.17) is 4.74 Å². The molecular weight excluding hydrogens is 384 g/mol. The number of nitrogens with zero attached hydrogens (tertiary/aromatic N) is 4. The molecule has 1 amide bonds. The number of hydrogen-bond donors (Lipinski definition) is 0. The predicted octanol–water partition coefficient (Wildman–Crippen LogP) is 4.03. The summed E-state index contributed by atoms with van der Waals surface area (Å²) in [5.74, 6) is 0.125. The Morgan fingerprint density at radius 3 is 2.76 bits per heavy atom. The van der Waals surface area contributed by atoms with Crippen LogP contribution in [-0.4, -0.2) is 53.9 Å². The maximum Gasteiger partial charge on any atom is 0.264 e. The monoisotopic (exact) mass is 418 g/mol. The molecule has 0 radical (unpaired) electrons. The summed E-state index contributed by atoms with van der Waals surface area (Å²) in [6, 6.07) is 2.13. The van der Waals surface area contributed by atoms with Crippen molar-refractivity contribution in [3.05, 3.63) is 33.5 Å². The summed E-state index contributed by atoms with van der Waals surface area (Å²) in [6.45, 7) is 13.1. The molecule has 3 rings (SSSR count). The fourth-order valence-electron chi connectivity index (χ4n) is 4.05. The molecule has 0 atom stereocenters. The second-order valence-corrected chi connectivity index (χ2v) is 8.69. The van der Waals surface area contributed by atoms with E-state index in [2.05, 4.69) is 36.8 Å². The third-order valence-corrected chi connectivity index (χ3v) is 7.05. The van der Waals surface area contributed by atoms with Crippen LogP contribution in [0.4, 0.5) is 5.00 Å². The van der Waals surface area contributed by atoms with Crippen LogP contribution < -0.4 is 4.90 Å². The number of amides is 1. The Bertz CT molecular complexity index is 842. The molecule has 1 aliphatic rings. The lowest BCUT2D eigenvalue weighted by Gasteiger charge is -2.22. The first-order valence-corrected chi connectivity index (χ1v) is 11.5. The molecule has 7 heteroatoms. The highest BCUT2D eigenvalue weighted by Gasteiger charge is 2.25. The third kappa shape index (κ3) is 4.67. The minimum Gasteiger partial charge on any atom is -0.383 e. The van der Waals surface area contributed by atoms with E-state index in [0.717, 1.165) is 42.3 Å². The van der Waals surface area contributed by atoms with E-state index >= 15 is 0 Å². The van der Waals surface area contributed by atoms with E-state index in [1.165, 1.54) is 29.0 Å². The van der Waals surface area contributed by atoms with Gasteiger partial charge in [0, 0.05) is 51.1 Å². The van der Waals surface area contributed by atoms with Gasteiger partial charge in [0.25, 0.3) is 5.91 Å². The Morgan fingerprint density at radius 2 is 2.10 bits per heavy atom. The van der Waals surface area contributed by atoms with Crippen molar-refractivity contribution in [3.63, 3.8) is 0 Å². The molecule has 2 aromatic rings. The largest absolute Gasteiger partial charge is 0.383 e. The summed E-state index contributed by atoms with van der Waals surface area (Å²) in [4.78, 5) is 18.6. The van der Waals surface area contributed by atoms with Gasteiger partial charge in [-0.25, -0.2) is 0 Å². The van der Waals surface area contributed by atoms with E-state index in [-0.39, 0.29) is 5.91 Å². The van der Waals surface area contributed by atoms with E-state index < -0.39 is 0 Å². The summed E-state index contributed by atoms with van der Waals surface area (Å²) in [7, 11) is 1.74. The molecule has 1 aliphatic heterocycles. The number of aromatic nitrogens is 2. The molecule has 160 valence electrons. The standard InChI is InChI=1S/C22H34N4O2S/c1-6-24(15-19-16(3)23-26(7-2)17(19)4)21(27)20-14-18-10-8-9-11-25(12-13-28-5)22(18)29-20/h14H,6-13,15H2,1-5H3. The lowest BCUT2D eigenvalue weighted by molar-refractivity contribution is 0.0757. The summed E-state index contributed by atoms with van der Waals surface area (Å²) >= 11 is 1.65. The molecule has 0 spiro atoms. The summed E-state index contributed by atoms with van der Waals surface area (Å²) in [6.07, 6.45) is 3.42. The van der Waals surface area contributed by atoms with Crippen molar-refractivity contribution in [2.24, 2.45) is 0 Å². The molecule has 0 saturated carbocycles. The van der Waals surface area contributed by atoms with Crippen LogP contribution in [0, 0.1) is 13.8 Å². The van der Waals surface area contributed by atoms with Crippen molar-refractivity contribution >= 4 is 22.2 Å². The summed E-state index contributed by atoms with van der Waals surface area (Å²) in [5.41, 5.74) is 4.66. The predicted molar refractivity (Wildman–Crippen MR) is 119 cm³/mol. The molecule has 29 heavy (non-hydrogen) atoms. The quantitative estimate of drug-likeness (QED) is 0.649. The molecule has 0 fully saturated rings. The molecule has 0 bridgehead atoms. The smallest absolute Gasteiger partial charge is 0.264 e. The first-order valence-electron chi connectivity index (χ1n) is 10.7. The molecule has 0 saturated heterocycles. The zero-order valence-electron chi connectivity index (χ0n) is 18.5. The Balaban J connectivity index is 1.82. The van der Waals surface area contributed by atoms with Crippen LogP contribution in [0.3, 0.4) is 0 Å². The molecule has 0 unspecified atom stereocenters. The van der Waals surface area contributed by atoms with Crippen molar-refractivity contribution in [2.45, 2.75) is 60.0 Å². The van der Waals surface area contributed by atoms with Crippen molar-refractivity contribution in [3.8, 4) is 0 Å². The van der Waals surface area contributed by atoms with Crippen LogP contribution >= 0.6 is 11.3 Å². The van der Waals surface area contributed by atoms with Crippen LogP contribution in [0.15, 0.2) is 6.07 Å². The number of rotatable bonds is 8. The van der Waals surface area contributed by atoms with Gasteiger partial charge in [-0.15, -0.1) is 11.3 Å². The zero-order chi connectivity index (χ0) is 21.0. The van der Waals surface area contributed by atoms with Gasteiger partial charge < -0.3 is 14.5 Å². The summed E-state index contributed by atoms with van der Waals surface area (Å²) in [5, 5.41) is 5.87. The Hall–Kier alpha value is -1.86. The number of aryl methyl sites for hydroxylation is 3. The number of carbonyl (C=O) groups excluding carboxylic acids is 1. The Labute approximate surface area is 178 Å². The van der Waals surface area contributed by atoms with Crippen LogP contribution in [0.5, 0.6) is 0 Å². The highest BCUT2D eigenvalue weighted by atomic mass is 32.1. The fraction of sp³-hybridized carbons (Fsp3) is 0.636. The first-order chi connectivity index (χ1) is 14.0. The molecule has 0 aromatic carbocycles. The molecule has 6 nitrogen and oxygen atoms in total. The van der Waals surface area contributed by atoms with E-state index in [1.54, 1.807) is 18.4 Å². The van der Waals surface area contributed by atoms with Crippen LogP contribution in [0.2, 0.25) is 0 Å². The van der Waals surface area contributed by atoms with E-state index in [9.17, 15) is 4.79 Å². The van der Waals surface area contributed by atoms with Gasteiger partial charge in [0.05, 0.1) is 22.2 Å². The number of fused-ring (bicyclic) bond motifs is 1. The topological polar surface area (TPSA) is 50.6 Å². The fourth-order valence-corrected chi connectivity index (χ4v) is 5.28. The van der Waals surface area contributed by atoms with Crippen LogP contribution in [0.25, 0.3) is 0 Å².